The number of phosphoric ester groups is 1. The molecule has 1 spiro atoms. The SMILES string of the molecule is COP(=O)(OC)OCC(OC(=O)N1CCC2(CC1)CN(S(=O)(=O)c1ccc(F)cc1)CCO2)C(F)(F)F. The van der Waals surface area contributed by atoms with Gasteiger partial charge >= 0.3 is 20.1 Å². The van der Waals surface area contributed by atoms with Crippen LogP contribution in [0.2, 0.25) is 0 Å². The number of rotatable bonds is 8. The van der Waals surface area contributed by atoms with E-state index in [-0.39, 0.29) is 50.5 Å². The molecule has 0 bridgehead atoms. The Morgan fingerprint density at radius 1 is 1.14 bits per heavy atom. The summed E-state index contributed by atoms with van der Waals surface area (Å²) in [7, 11) is -6.34. The summed E-state index contributed by atoms with van der Waals surface area (Å²) in [6, 6.07) is 4.39. The third-order valence-electron chi connectivity index (χ3n) is 6.04. The summed E-state index contributed by atoms with van der Waals surface area (Å²) in [5, 5.41) is 0. The Balaban J connectivity index is 1.61. The number of ether oxygens (including phenoxy) is 2. The van der Waals surface area contributed by atoms with Gasteiger partial charge < -0.3 is 14.4 Å². The molecule has 3 rings (SSSR count). The number of alkyl halides is 3. The van der Waals surface area contributed by atoms with Crippen LogP contribution in [0.3, 0.4) is 0 Å². The van der Waals surface area contributed by atoms with Crippen LogP contribution in [0.15, 0.2) is 29.2 Å². The number of morpholine rings is 1. The number of sulfonamides is 1. The minimum absolute atomic E-state index is 0.0437. The van der Waals surface area contributed by atoms with Gasteiger partial charge in [-0.3, -0.25) is 13.6 Å². The Morgan fingerprint density at radius 3 is 2.27 bits per heavy atom. The first kappa shape index (κ1) is 29.7. The molecule has 11 nitrogen and oxygen atoms in total. The maximum atomic E-state index is 13.4. The zero-order valence-electron chi connectivity index (χ0n) is 20.0. The van der Waals surface area contributed by atoms with Crippen LogP contribution in [0.1, 0.15) is 12.8 Å². The highest BCUT2D eigenvalue weighted by Crippen LogP contribution is 2.48. The number of amides is 1. The van der Waals surface area contributed by atoms with Crippen molar-refractivity contribution in [3.05, 3.63) is 30.1 Å². The van der Waals surface area contributed by atoms with Gasteiger partial charge in [0.15, 0.2) is 0 Å². The minimum Gasteiger partial charge on any atom is -0.434 e. The molecule has 37 heavy (non-hydrogen) atoms. The Morgan fingerprint density at radius 2 is 1.73 bits per heavy atom. The van der Waals surface area contributed by atoms with Crippen molar-refractivity contribution in [2.24, 2.45) is 0 Å². The molecule has 2 heterocycles. The number of hydrogen-bond donors (Lipinski definition) is 0. The third kappa shape index (κ3) is 7.19. The highest BCUT2D eigenvalue weighted by atomic mass is 32.2. The van der Waals surface area contributed by atoms with Gasteiger partial charge in [-0.25, -0.2) is 22.2 Å². The summed E-state index contributed by atoms with van der Waals surface area (Å²) < 4.78 is 116. The summed E-state index contributed by atoms with van der Waals surface area (Å²) >= 11 is 0. The van der Waals surface area contributed by atoms with E-state index in [0.29, 0.717) is 0 Å². The van der Waals surface area contributed by atoms with Crippen molar-refractivity contribution in [1.82, 2.24) is 9.21 Å². The average Bonchev–Trinajstić information content (AvgIpc) is 2.86. The number of piperidine rings is 1. The van der Waals surface area contributed by atoms with Crippen molar-refractivity contribution in [2.75, 3.05) is 53.6 Å². The van der Waals surface area contributed by atoms with Gasteiger partial charge in [0, 0.05) is 40.4 Å². The fourth-order valence-electron chi connectivity index (χ4n) is 3.90. The van der Waals surface area contributed by atoms with Crippen molar-refractivity contribution in [2.45, 2.75) is 35.6 Å². The van der Waals surface area contributed by atoms with Crippen LogP contribution >= 0.6 is 7.82 Å². The zero-order chi connectivity index (χ0) is 27.5. The molecule has 0 aliphatic carbocycles. The molecule has 0 aromatic heterocycles. The van der Waals surface area contributed by atoms with Crippen LogP contribution < -0.4 is 0 Å². The molecule has 2 aliphatic heterocycles. The number of halogens is 4. The first-order chi connectivity index (χ1) is 17.2. The lowest BCUT2D eigenvalue weighted by Gasteiger charge is -2.46. The molecule has 1 aromatic rings. The van der Waals surface area contributed by atoms with Crippen molar-refractivity contribution in [1.29, 1.82) is 0 Å². The molecule has 17 heteroatoms. The average molecular weight is 578 g/mol. The van der Waals surface area contributed by atoms with Crippen LogP contribution in [0.25, 0.3) is 0 Å². The molecule has 1 amide bonds. The van der Waals surface area contributed by atoms with Crippen molar-refractivity contribution < 1.29 is 58.4 Å². The van der Waals surface area contributed by atoms with Gasteiger partial charge in [0.25, 0.3) is 0 Å². The van der Waals surface area contributed by atoms with Gasteiger partial charge in [0.2, 0.25) is 16.1 Å². The summed E-state index contributed by atoms with van der Waals surface area (Å²) in [4.78, 5) is 13.4. The van der Waals surface area contributed by atoms with Crippen molar-refractivity contribution >= 4 is 23.9 Å². The molecule has 0 radical (unpaired) electrons. The lowest BCUT2D eigenvalue weighted by molar-refractivity contribution is -0.214. The molecule has 0 N–H and O–H groups in total. The summed E-state index contributed by atoms with van der Waals surface area (Å²) in [5.74, 6) is -0.581. The first-order valence-corrected chi connectivity index (χ1v) is 13.9. The number of carbonyl (C=O) groups excluding carboxylic acids is 1. The molecule has 2 aliphatic rings. The summed E-state index contributed by atoms with van der Waals surface area (Å²) in [5.41, 5.74) is -0.960. The van der Waals surface area contributed by atoms with Crippen LogP contribution in [0.5, 0.6) is 0 Å². The Labute approximate surface area is 211 Å². The van der Waals surface area contributed by atoms with Gasteiger partial charge in [-0.2, -0.15) is 17.5 Å². The molecule has 0 saturated carbocycles. The van der Waals surface area contributed by atoms with Crippen LogP contribution in [0, 0.1) is 5.82 Å². The highest BCUT2D eigenvalue weighted by molar-refractivity contribution is 7.89. The van der Waals surface area contributed by atoms with E-state index in [2.05, 4.69) is 18.3 Å². The fraction of sp³-hybridized carbons (Fsp3) is 0.650. The van der Waals surface area contributed by atoms with Gasteiger partial charge in [-0.1, -0.05) is 0 Å². The largest absolute Gasteiger partial charge is 0.474 e. The van der Waals surface area contributed by atoms with E-state index < -0.39 is 54.2 Å². The van der Waals surface area contributed by atoms with Crippen molar-refractivity contribution in [3.8, 4) is 0 Å². The maximum Gasteiger partial charge on any atom is 0.474 e. The second-order valence-corrected chi connectivity index (χ2v) is 12.2. The van der Waals surface area contributed by atoms with Gasteiger partial charge in [0.1, 0.15) is 12.4 Å². The predicted octanol–water partition coefficient (Wildman–Crippen LogP) is 3.17. The second kappa shape index (κ2) is 11.5. The standard InChI is InChI=1S/C20H27F4N2O9PS/c1-31-36(28,32-2)34-13-17(20(22,23)24)35-18(27)25-9-7-19(8-10-25)14-26(11-12-33-19)37(29,30)16-5-3-15(21)4-6-16/h3-6,17H,7-14H2,1-2H3. The molecule has 1 aromatic carbocycles. The minimum atomic E-state index is -5.03. The van der Waals surface area contributed by atoms with Crippen LogP contribution in [0.4, 0.5) is 22.4 Å². The molecule has 210 valence electrons. The molecule has 1 atom stereocenters. The van der Waals surface area contributed by atoms with Gasteiger partial charge in [-0.15, -0.1) is 0 Å². The number of phosphoric acid groups is 1. The normalized spacial score (nSPS) is 20.1. The molecular weight excluding hydrogens is 551 g/mol. The number of nitrogens with zero attached hydrogens (tertiary/aromatic N) is 2. The molecule has 1 unspecified atom stereocenters. The second-order valence-electron chi connectivity index (χ2n) is 8.33. The van der Waals surface area contributed by atoms with E-state index in [1.807, 2.05) is 0 Å². The zero-order valence-corrected chi connectivity index (χ0v) is 21.7. The van der Waals surface area contributed by atoms with E-state index in [1.165, 1.54) is 4.31 Å². The molecule has 2 saturated heterocycles. The number of hydrogen-bond acceptors (Lipinski definition) is 9. The van der Waals surface area contributed by atoms with E-state index >= 15 is 0 Å². The summed E-state index contributed by atoms with van der Waals surface area (Å²) in [6.45, 7) is -1.36. The lowest BCUT2D eigenvalue weighted by Crippen LogP contribution is -2.58. The summed E-state index contributed by atoms with van der Waals surface area (Å²) in [6.07, 6.45) is -8.78. The fourth-order valence-corrected chi connectivity index (χ4v) is 6.08. The van der Waals surface area contributed by atoms with Gasteiger partial charge in [-0.05, 0) is 37.1 Å². The Hall–Kier alpha value is -1.81. The first-order valence-electron chi connectivity index (χ1n) is 11.0. The third-order valence-corrected chi connectivity index (χ3v) is 9.26. The Kier molecular flexibility index (Phi) is 9.26. The van der Waals surface area contributed by atoms with E-state index in [4.69, 9.17) is 4.74 Å². The predicted molar refractivity (Wildman–Crippen MR) is 119 cm³/mol. The van der Waals surface area contributed by atoms with Gasteiger partial charge in [0.05, 0.1) is 17.1 Å². The number of carbonyl (C=O) groups is 1. The Bertz CT molecular complexity index is 1090. The maximum absolute atomic E-state index is 13.4. The number of benzene rings is 1. The van der Waals surface area contributed by atoms with Crippen LogP contribution in [-0.2, 0) is 37.6 Å². The van der Waals surface area contributed by atoms with Crippen LogP contribution in [-0.4, -0.2) is 95.2 Å². The quantitative estimate of drug-likeness (QED) is 0.338. The van der Waals surface area contributed by atoms with E-state index in [0.717, 1.165) is 43.4 Å². The molecule has 2 fully saturated rings. The molecular formula is C20H27F4N2O9PS. The smallest absolute Gasteiger partial charge is 0.434 e. The topological polar surface area (TPSA) is 121 Å². The van der Waals surface area contributed by atoms with Crippen molar-refractivity contribution in [3.63, 3.8) is 0 Å². The number of likely N-dealkylation sites (tertiary alicyclic amines) is 1. The lowest BCUT2D eigenvalue weighted by atomic mass is 9.90. The van der Waals surface area contributed by atoms with E-state index in [9.17, 15) is 35.3 Å². The monoisotopic (exact) mass is 578 g/mol. The highest BCUT2D eigenvalue weighted by Gasteiger charge is 2.47. The van der Waals surface area contributed by atoms with E-state index in [1.54, 1.807) is 0 Å².